The van der Waals surface area contributed by atoms with E-state index in [2.05, 4.69) is 31.6 Å². The van der Waals surface area contributed by atoms with E-state index in [0.29, 0.717) is 25.6 Å². The Kier molecular flexibility index (Phi) is 6.45. The van der Waals surface area contributed by atoms with Crippen molar-refractivity contribution >= 4 is 11.9 Å². The van der Waals surface area contributed by atoms with Gasteiger partial charge < -0.3 is 14.4 Å². The number of methoxy groups -OCH3 is 1. The fourth-order valence-corrected chi connectivity index (χ4v) is 3.19. The van der Waals surface area contributed by atoms with Crippen LogP contribution in [0.4, 0.5) is 0 Å². The Morgan fingerprint density at radius 2 is 1.80 bits per heavy atom. The Labute approximate surface area is 150 Å². The molecule has 0 bridgehead atoms. The summed E-state index contributed by atoms with van der Waals surface area (Å²) < 4.78 is 10.5. The molecule has 0 atom stereocenters. The lowest BCUT2D eigenvalue weighted by Gasteiger charge is -2.31. The Hall–Kier alpha value is -2.04. The topological polar surface area (TPSA) is 55.8 Å². The van der Waals surface area contributed by atoms with Crippen LogP contribution in [0.25, 0.3) is 0 Å². The average Bonchev–Trinajstić information content (AvgIpc) is 2.60. The van der Waals surface area contributed by atoms with Gasteiger partial charge in [0, 0.05) is 13.1 Å². The fourth-order valence-electron chi connectivity index (χ4n) is 3.19. The van der Waals surface area contributed by atoms with E-state index in [1.54, 1.807) is 4.90 Å². The smallest absolute Gasteiger partial charge is 0.396 e. The molecule has 1 aromatic carbocycles. The summed E-state index contributed by atoms with van der Waals surface area (Å²) in [7, 11) is 1.24. The minimum absolute atomic E-state index is 0.0518. The van der Waals surface area contributed by atoms with Crippen molar-refractivity contribution < 1.29 is 19.1 Å². The molecule has 0 radical (unpaired) electrons. The van der Waals surface area contributed by atoms with Crippen LogP contribution in [0.2, 0.25) is 0 Å². The number of hydrogen-bond donors (Lipinski definition) is 0. The van der Waals surface area contributed by atoms with Crippen LogP contribution < -0.4 is 4.74 Å². The molecule has 0 spiro atoms. The van der Waals surface area contributed by atoms with E-state index in [9.17, 15) is 9.59 Å². The Bertz CT molecular complexity index is 598. The van der Waals surface area contributed by atoms with Crippen LogP contribution in [0.1, 0.15) is 45.6 Å². The molecular weight excluding hydrogens is 318 g/mol. The Morgan fingerprint density at radius 1 is 1.16 bits per heavy atom. The molecule has 5 nitrogen and oxygen atoms in total. The van der Waals surface area contributed by atoms with Gasteiger partial charge in [-0.3, -0.25) is 4.79 Å². The number of carbonyl (C=O) groups excluding carboxylic acids is 2. The summed E-state index contributed by atoms with van der Waals surface area (Å²) in [6.07, 6.45) is 2.75. The Balaban J connectivity index is 1.79. The van der Waals surface area contributed by atoms with Crippen LogP contribution in [0, 0.1) is 5.92 Å². The summed E-state index contributed by atoms with van der Waals surface area (Å²) >= 11 is 0. The standard InChI is InChI=1S/C20H29NO4/c1-20(2,3)16-7-5-6-8-17(16)25-14-11-15-9-12-21(13-10-15)18(22)19(23)24-4/h5-8,15H,9-14H2,1-4H3. The normalized spacial score (nSPS) is 15.8. The van der Waals surface area contributed by atoms with Gasteiger partial charge in [0.1, 0.15) is 5.75 Å². The second-order valence-corrected chi connectivity index (χ2v) is 7.61. The summed E-state index contributed by atoms with van der Waals surface area (Å²) in [4.78, 5) is 24.7. The zero-order valence-electron chi connectivity index (χ0n) is 15.7. The minimum Gasteiger partial charge on any atom is -0.493 e. The van der Waals surface area contributed by atoms with Crippen molar-refractivity contribution in [3.05, 3.63) is 29.8 Å². The molecule has 5 heteroatoms. The van der Waals surface area contributed by atoms with Crippen LogP contribution in [-0.2, 0) is 19.7 Å². The fraction of sp³-hybridized carbons (Fsp3) is 0.600. The van der Waals surface area contributed by atoms with Gasteiger partial charge in [-0.25, -0.2) is 4.79 Å². The second-order valence-electron chi connectivity index (χ2n) is 7.61. The molecule has 25 heavy (non-hydrogen) atoms. The Morgan fingerprint density at radius 3 is 2.40 bits per heavy atom. The molecule has 0 aromatic heterocycles. The first-order chi connectivity index (χ1) is 11.8. The molecule has 1 aliphatic heterocycles. The van der Waals surface area contributed by atoms with Crippen molar-refractivity contribution in [1.29, 1.82) is 0 Å². The van der Waals surface area contributed by atoms with Crippen LogP contribution in [0.5, 0.6) is 5.75 Å². The van der Waals surface area contributed by atoms with Crippen LogP contribution in [-0.4, -0.2) is 43.6 Å². The van der Waals surface area contributed by atoms with Gasteiger partial charge in [0.25, 0.3) is 0 Å². The maximum Gasteiger partial charge on any atom is 0.396 e. The van der Waals surface area contributed by atoms with Gasteiger partial charge in [-0.15, -0.1) is 0 Å². The predicted molar refractivity (Wildman–Crippen MR) is 96.6 cm³/mol. The molecule has 0 saturated carbocycles. The third kappa shape index (κ3) is 5.21. The summed E-state index contributed by atoms with van der Waals surface area (Å²) in [6.45, 7) is 8.44. The molecule has 1 heterocycles. The second kappa shape index (κ2) is 8.37. The highest BCUT2D eigenvalue weighted by Gasteiger charge is 2.27. The summed E-state index contributed by atoms with van der Waals surface area (Å²) in [5.74, 6) is 0.161. The zero-order chi connectivity index (χ0) is 18.4. The van der Waals surface area contributed by atoms with Crippen molar-refractivity contribution in [3.8, 4) is 5.75 Å². The molecule has 1 saturated heterocycles. The third-order valence-electron chi connectivity index (χ3n) is 4.74. The van der Waals surface area contributed by atoms with Crippen molar-refractivity contribution in [2.24, 2.45) is 5.92 Å². The lowest BCUT2D eigenvalue weighted by molar-refractivity contribution is -0.158. The molecule has 1 amide bonds. The number of hydrogen-bond acceptors (Lipinski definition) is 4. The maximum absolute atomic E-state index is 11.8. The summed E-state index contributed by atoms with van der Waals surface area (Å²) in [5, 5.41) is 0. The SMILES string of the molecule is COC(=O)C(=O)N1CCC(CCOc2ccccc2C(C)(C)C)CC1. The van der Waals surface area contributed by atoms with Gasteiger partial charge in [0.2, 0.25) is 0 Å². The van der Waals surface area contributed by atoms with Gasteiger partial charge in [-0.1, -0.05) is 39.0 Å². The number of benzene rings is 1. The molecule has 138 valence electrons. The predicted octanol–water partition coefficient (Wildman–Crippen LogP) is 3.16. The van der Waals surface area contributed by atoms with Crippen LogP contribution >= 0.6 is 0 Å². The quantitative estimate of drug-likeness (QED) is 0.620. The largest absolute Gasteiger partial charge is 0.493 e. The monoisotopic (exact) mass is 347 g/mol. The lowest BCUT2D eigenvalue weighted by atomic mass is 9.86. The number of piperidine rings is 1. The maximum atomic E-state index is 11.8. The number of rotatable bonds is 4. The van der Waals surface area contributed by atoms with Gasteiger partial charge in [0.15, 0.2) is 0 Å². The van der Waals surface area contributed by atoms with Crippen molar-refractivity contribution in [3.63, 3.8) is 0 Å². The minimum atomic E-state index is -0.777. The number of para-hydroxylation sites is 1. The highest BCUT2D eigenvalue weighted by molar-refractivity contribution is 6.32. The van der Waals surface area contributed by atoms with E-state index in [0.717, 1.165) is 25.0 Å². The molecule has 1 aliphatic rings. The van der Waals surface area contributed by atoms with Gasteiger partial charge in [0.05, 0.1) is 13.7 Å². The average molecular weight is 347 g/mol. The van der Waals surface area contributed by atoms with Gasteiger partial charge in [-0.05, 0) is 42.2 Å². The van der Waals surface area contributed by atoms with E-state index in [4.69, 9.17) is 4.74 Å². The number of carbonyl (C=O) groups is 2. The zero-order valence-corrected chi connectivity index (χ0v) is 15.7. The first-order valence-corrected chi connectivity index (χ1v) is 8.92. The third-order valence-corrected chi connectivity index (χ3v) is 4.74. The van der Waals surface area contributed by atoms with E-state index >= 15 is 0 Å². The summed E-state index contributed by atoms with van der Waals surface area (Å²) in [5.41, 5.74) is 1.27. The number of amides is 1. The highest BCUT2D eigenvalue weighted by Crippen LogP contribution is 2.31. The van der Waals surface area contributed by atoms with E-state index < -0.39 is 11.9 Å². The van der Waals surface area contributed by atoms with Crippen molar-refractivity contribution in [2.45, 2.75) is 45.4 Å². The number of likely N-dealkylation sites (tertiary alicyclic amines) is 1. The molecule has 0 N–H and O–H groups in total. The molecule has 0 aliphatic carbocycles. The van der Waals surface area contributed by atoms with Crippen LogP contribution in [0.15, 0.2) is 24.3 Å². The lowest BCUT2D eigenvalue weighted by Crippen LogP contribution is -2.42. The first kappa shape index (κ1) is 19.3. The van der Waals surface area contributed by atoms with Crippen molar-refractivity contribution in [2.75, 3.05) is 26.8 Å². The molecule has 1 fully saturated rings. The molecule has 1 aromatic rings. The van der Waals surface area contributed by atoms with Crippen LogP contribution in [0.3, 0.4) is 0 Å². The summed E-state index contributed by atoms with van der Waals surface area (Å²) in [6, 6.07) is 8.19. The molecule has 0 unspecified atom stereocenters. The highest BCUT2D eigenvalue weighted by atomic mass is 16.5. The van der Waals surface area contributed by atoms with Gasteiger partial charge >= 0.3 is 11.9 Å². The molecule has 2 rings (SSSR count). The number of esters is 1. The van der Waals surface area contributed by atoms with Gasteiger partial charge in [-0.2, -0.15) is 0 Å². The van der Waals surface area contributed by atoms with E-state index in [1.807, 2.05) is 18.2 Å². The number of nitrogens with zero attached hydrogens (tertiary/aromatic N) is 1. The molecular formula is C20H29NO4. The van der Waals surface area contributed by atoms with E-state index in [1.165, 1.54) is 12.7 Å². The first-order valence-electron chi connectivity index (χ1n) is 8.92. The van der Waals surface area contributed by atoms with E-state index in [-0.39, 0.29) is 5.41 Å². The van der Waals surface area contributed by atoms with Crippen molar-refractivity contribution in [1.82, 2.24) is 4.90 Å². The number of ether oxygens (including phenoxy) is 2.